The summed E-state index contributed by atoms with van der Waals surface area (Å²) in [6.45, 7) is 11.2. The fourth-order valence-electron chi connectivity index (χ4n) is 4.37. The predicted molar refractivity (Wildman–Crippen MR) is 118 cm³/mol. The largest absolute Gasteiger partial charge is 0.395 e. The minimum atomic E-state index is 0.144. The zero-order valence-electron chi connectivity index (χ0n) is 17.5. The van der Waals surface area contributed by atoms with Crippen molar-refractivity contribution in [2.24, 2.45) is 0 Å². The lowest BCUT2D eigenvalue weighted by Gasteiger charge is -2.21. The lowest BCUT2D eigenvalue weighted by molar-refractivity contribution is 0.152. The molecule has 4 rings (SSSR count). The van der Waals surface area contributed by atoms with Crippen LogP contribution in [0.15, 0.2) is 42.5 Å². The summed E-state index contributed by atoms with van der Waals surface area (Å²) in [4.78, 5) is 5.96. The highest BCUT2D eigenvalue weighted by molar-refractivity contribution is 5.86. The number of rotatable bonds is 4. The van der Waals surface area contributed by atoms with E-state index < -0.39 is 0 Å². The van der Waals surface area contributed by atoms with Crippen molar-refractivity contribution < 1.29 is 5.11 Å². The van der Waals surface area contributed by atoms with E-state index in [0.29, 0.717) is 6.04 Å². The maximum Gasteiger partial charge on any atom is 0.0587 e. The van der Waals surface area contributed by atoms with E-state index in [9.17, 15) is 5.11 Å². The summed E-state index contributed by atoms with van der Waals surface area (Å²) in [6.07, 6.45) is 2.28. The minimum absolute atomic E-state index is 0.144. The van der Waals surface area contributed by atoms with Crippen LogP contribution in [-0.4, -0.2) is 34.2 Å². The summed E-state index contributed by atoms with van der Waals surface area (Å²) in [5, 5.41) is 10.8. The summed E-state index contributed by atoms with van der Waals surface area (Å²) >= 11 is 0. The molecule has 2 heterocycles. The van der Waals surface area contributed by atoms with Gasteiger partial charge in [0.15, 0.2) is 0 Å². The van der Waals surface area contributed by atoms with Crippen LogP contribution in [0.1, 0.15) is 50.4 Å². The molecular weight excluding hydrogens is 344 g/mol. The lowest BCUT2D eigenvalue weighted by Crippen LogP contribution is -2.31. The standard InChI is InChI=1S/C25H32N2O/c1-17-10-19(13-21(11-17)25(2,3)4)18-7-8-24-20(12-18)14-22(26-24)15-27-9-5-6-23(27)16-28/h7-8,10-14,23,26,28H,5-6,9,15-16H2,1-4H3/t23-/m1/s1. The second-order valence-corrected chi connectivity index (χ2v) is 9.38. The molecule has 0 amide bonds. The number of aliphatic hydroxyl groups excluding tert-OH is 1. The average Bonchev–Trinajstić information content (AvgIpc) is 3.25. The fourth-order valence-corrected chi connectivity index (χ4v) is 4.37. The maximum absolute atomic E-state index is 9.57. The average molecular weight is 377 g/mol. The van der Waals surface area contributed by atoms with Crippen LogP contribution < -0.4 is 0 Å². The van der Waals surface area contributed by atoms with Crippen molar-refractivity contribution in [3.05, 3.63) is 59.3 Å². The molecule has 3 nitrogen and oxygen atoms in total. The van der Waals surface area contributed by atoms with Crippen LogP contribution in [0.5, 0.6) is 0 Å². The van der Waals surface area contributed by atoms with Crippen LogP contribution in [0.25, 0.3) is 22.0 Å². The number of fused-ring (bicyclic) bond motifs is 1. The third-order valence-electron chi connectivity index (χ3n) is 6.04. The number of hydrogen-bond acceptors (Lipinski definition) is 2. The van der Waals surface area contributed by atoms with Gasteiger partial charge in [0.2, 0.25) is 0 Å². The first kappa shape index (κ1) is 19.2. The number of hydrogen-bond donors (Lipinski definition) is 2. The number of likely N-dealkylation sites (tertiary alicyclic amines) is 1. The molecule has 1 fully saturated rings. The molecule has 3 aromatic rings. The fraction of sp³-hybridized carbons (Fsp3) is 0.440. The van der Waals surface area contributed by atoms with Gasteiger partial charge >= 0.3 is 0 Å². The quantitative estimate of drug-likeness (QED) is 0.640. The van der Waals surface area contributed by atoms with Gasteiger partial charge < -0.3 is 10.1 Å². The Balaban J connectivity index is 1.64. The van der Waals surface area contributed by atoms with Crippen molar-refractivity contribution in [1.82, 2.24) is 9.88 Å². The maximum atomic E-state index is 9.57. The van der Waals surface area contributed by atoms with E-state index in [4.69, 9.17) is 0 Å². The van der Waals surface area contributed by atoms with Crippen LogP contribution in [0.4, 0.5) is 0 Å². The Labute approximate surface area is 168 Å². The van der Waals surface area contributed by atoms with Crippen LogP contribution >= 0.6 is 0 Å². The van der Waals surface area contributed by atoms with E-state index in [1.165, 1.54) is 45.3 Å². The van der Waals surface area contributed by atoms with Crippen LogP contribution in [-0.2, 0) is 12.0 Å². The second-order valence-electron chi connectivity index (χ2n) is 9.38. The zero-order chi connectivity index (χ0) is 19.9. The SMILES string of the molecule is Cc1cc(-c2ccc3[nH]c(CN4CCC[C@@H]4CO)cc3c2)cc(C(C)(C)C)c1. The van der Waals surface area contributed by atoms with Crippen molar-refractivity contribution in [3.8, 4) is 11.1 Å². The van der Waals surface area contributed by atoms with Gasteiger partial charge in [0.1, 0.15) is 0 Å². The number of aromatic nitrogens is 1. The van der Waals surface area contributed by atoms with Crippen molar-refractivity contribution in [3.63, 3.8) is 0 Å². The molecule has 1 atom stereocenters. The molecule has 0 spiro atoms. The van der Waals surface area contributed by atoms with Gasteiger partial charge in [-0.15, -0.1) is 0 Å². The molecule has 1 aromatic heterocycles. The Morgan fingerprint density at radius 1 is 1.07 bits per heavy atom. The van der Waals surface area contributed by atoms with E-state index in [0.717, 1.165) is 19.5 Å². The highest BCUT2D eigenvalue weighted by atomic mass is 16.3. The molecule has 0 unspecified atom stereocenters. The molecule has 0 aliphatic carbocycles. The van der Waals surface area contributed by atoms with Crippen molar-refractivity contribution >= 4 is 10.9 Å². The molecule has 148 valence electrons. The van der Waals surface area contributed by atoms with Gasteiger partial charge in [-0.2, -0.15) is 0 Å². The van der Waals surface area contributed by atoms with E-state index in [1.807, 2.05) is 0 Å². The lowest BCUT2D eigenvalue weighted by atomic mass is 9.84. The predicted octanol–water partition coefficient (Wildman–Crippen LogP) is 5.40. The summed E-state index contributed by atoms with van der Waals surface area (Å²) in [5.41, 5.74) is 7.79. The Kier molecular flexibility index (Phi) is 5.07. The van der Waals surface area contributed by atoms with Crippen molar-refractivity contribution in [2.45, 2.75) is 58.5 Å². The Hall–Kier alpha value is -2.10. The van der Waals surface area contributed by atoms with Gasteiger partial charge in [-0.1, -0.05) is 50.6 Å². The Morgan fingerprint density at radius 2 is 1.89 bits per heavy atom. The monoisotopic (exact) mass is 376 g/mol. The van der Waals surface area contributed by atoms with Crippen LogP contribution in [0.3, 0.4) is 0 Å². The van der Waals surface area contributed by atoms with Gasteiger partial charge in [0.05, 0.1) is 6.61 Å². The van der Waals surface area contributed by atoms with E-state index in [2.05, 4.69) is 80.0 Å². The molecule has 0 radical (unpaired) electrons. The van der Waals surface area contributed by atoms with Gasteiger partial charge in [-0.05, 0) is 66.6 Å². The summed E-state index contributed by atoms with van der Waals surface area (Å²) in [6, 6.07) is 16.2. The van der Waals surface area contributed by atoms with Gasteiger partial charge in [-0.3, -0.25) is 4.90 Å². The highest BCUT2D eigenvalue weighted by Crippen LogP contribution is 2.31. The number of aliphatic hydroxyl groups is 1. The topological polar surface area (TPSA) is 39.3 Å². The summed E-state index contributed by atoms with van der Waals surface area (Å²) < 4.78 is 0. The zero-order valence-corrected chi connectivity index (χ0v) is 17.5. The van der Waals surface area contributed by atoms with Crippen LogP contribution in [0.2, 0.25) is 0 Å². The molecule has 2 aromatic carbocycles. The number of nitrogens with zero attached hydrogens (tertiary/aromatic N) is 1. The number of benzene rings is 2. The third kappa shape index (κ3) is 3.87. The highest BCUT2D eigenvalue weighted by Gasteiger charge is 2.24. The first-order chi connectivity index (χ1) is 13.3. The molecule has 1 saturated heterocycles. The number of aryl methyl sites for hydroxylation is 1. The molecule has 0 saturated carbocycles. The minimum Gasteiger partial charge on any atom is -0.395 e. The molecule has 0 bridgehead atoms. The normalized spacial score (nSPS) is 18.2. The molecule has 2 N–H and O–H groups in total. The third-order valence-corrected chi connectivity index (χ3v) is 6.04. The second kappa shape index (κ2) is 7.38. The number of nitrogens with one attached hydrogen (secondary N) is 1. The molecule has 3 heteroatoms. The van der Waals surface area contributed by atoms with E-state index in [-0.39, 0.29) is 12.0 Å². The summed E-state index contributed by atoms with van der Waals surface area (Å²) in [7, 11) is 0. The van der Waals surface area contributed by atoms with E-state index in [1.54, 1.807) is 0 Å². The van der Waals surface area contributed by atoms with Crippen LogP contribution in [0, 0.1) is 6.92 Å². The molecule has 1 aliphatic heterocycles. The van der Waals surface area contributed by atoms with Crippen molar-refractivity contribution in [2.75, 3.05) is 13.2 Å². The number of aromatic amines is 1. The van der Waals surface area contributed by atoms with Gasteiger partial charge in [0.25, 0.3) is 0 Å². The van der Waals surface area contributed by atoms with Gasteiger partial charge in [0, 0.05) is 29.2 Å². The Bertz CT molecular complexity index is 980. The van der Waals surface area contributed by atoms with Gasteiger partial charge in [-0.25, -0.2) is 0 Å². The first-order valence-corrected chi connectivity index (χ1v) is 10.4. The Morgan fingerprint density at radius 3 is 2.64 bits per heavy atom. The molecular formula is C25H32N2O. The molecule has 28 heavy (non-hydrogen) atoms. The molecule has 1 aliphatic rings. The van der Waals surface area contributed by atoms with Crippen molar-refractivity contribution in [1.29, 1.82) is 0 Å². The number of H-pyrrole nitrogens is 1. The smallest absolute Gasteiger partial charge is 0.0587 e. The summed E-state index contributed by atoms with van der Waals surface area (Å²) in [5.74, 6) is 0. The first-order valence-electron chi connectivity index (χ1n) is 10.4. The van der Waals surface area contributed by atoms with E-state index >= 15 is 0 Å².